The highest BCUT2D eigenvalue weighted by atomic mass is 32.2. The molecule has 1 heterocycles. The maximum atomic E-state index is 13.7. The van der Waals surface area contributed by atoms with Gasteiger partial charge >= 0.3 is 0 Å². The Morgan fingerprint density at radius 2 is 1.86 bits per heavy atom. The summed E-state index contributed by atoms with van der Waals surface area (Å²) in [7, 11) is -1.94. The summed E-state index contributed by atoms with van der Waals surface area (Å²) in [6, 6.07) is 17.7. The van der Waals surface area contributed by atoms with Gasteiger partial charge in [-0.2, -0.15) is 4.31 Å². The van der Waals surface area contributed by atoms with E-state index in [0.29, 0.717) is 11.4 Å². The molecule has 4 nitrogen and oxygen atoms in total. The van der Waals surface area contributed by atoms with Gasteiger partial charge < -0.3 is 4.74 Å². The van der Waals surface area contributed by atoms with Crippen LogP contribution in [0, 0.1) is 0 Å². The molecule has 5 rings (SSSR count). The molecule has 0 bridgehead atoms. The van der Waals surface area contributed by atoms with Crippen LogP contribution in [0.4, 0.5) is 0 Å². The zero-order chi connectivity index (χ0) is 19.3. The van der Waals surface area contributed by atoms with Crippen molar-refractivity contribution in [1.82, 2.24) is 4.31 Å². The number of thioether (sulfide) groups is 1. The van der Waals surface area contributed by atoms with E-state index in [4.69, 9.17) is 4.74 Å². The fourth-order valence-corrected chi connectivity index (χ4v) is 7.83. The highest BCUT2D eigenvalue weighted by Gasteiger charge is 2.38. The van der Waals surface area contributed by atoms with E-state index in [1.165, 1.54) is 5.56 Å². The van der Waals surface area contributed by atoms with Crippen molar-refractivity contribution in [3.05, 3.63) is 71.3 Å². The zero-order valence-electron chi connectivity index (χ0n) is 15.6. The molecule has 1 aliphatic heterocycles. The number of nitrogens with zero attached hydrogens (tertiary/aromatic N) is 1. The number of rotatable bonds is 4. The van der Waals surface area contributed by atoms with E-state index in [9.17, 15) is 8.42 Å². The van der Waals surface area contributed by atoms with Crippen LogP contribution in [0.5, 0.6) is 5.75 Å². The van der Waals surface area contributed by atoms with Gasteiger partial charge in [0, 0.05) is 12.3 Å². The van der Waals surface area contributed by atoms with Crippen molar-refractivity contribution in [2.75, 3.05) is 19.4 Å². The van der Waals surface area contributed by atoms with Crippen molar-refractivity contribution in [2.45, 2.75) is 23.1 Å². The van der Waals surface area contributed by atoms with Crippen LogP contribution in [-0.4, -0.2) is 32.1 Å². The molecule has 0 radical (unpaired) electrons. The topological polar surface area (TPSA) is 46.6 Å². The van der Waals surface area contributed by atoms with Gasteiger partial charge in [-0.3, -0.25) is 0 Å². The summed E-state index contributed by atoms with van der Waals surface area (Å²) in [5.41, 5.74) is 3.23. The van der Waals surface area contributed by atoms with Crippen molar-refractivity contribution in [2.24, 2.45) is 0 Å². The van der Waals surface area contributed by atoms with E-state index < -0.39 is 10.0 Å². The average molecular weight is 412 g/mol. The highest BCUT2D eigenvalue weighted by molar-refractivity contribution is 8.01. The maximum Gasteiger partial charge on any atom is 0.244 e. The number of methoxy groups -OCH3 is 1. The van der Waals surface area contributed by atoms with Crippen LogP contribution in [0.15, 0.2) is 59.5 Å². The molecule has 3 aromatic rings. The Labute approximate surface area is 169 Å². The molecule has 1 atom stereocenters. The minimum Gasteiger partial charge on any atom is -0.497 e. The van der Waals surface area contributed by atoms with Crippen molar-refractivity contribution < 1.29 is 13.2 Å². The van der Waals surface area contributed by atoms with Gasteiger partial charge in [0.25, 0.3) is 0 Å². The first-order chi connectivity index (χ1) is 13.6. The predicted octanol–water partition coefficient (Wildman–Crippen LogP) is 4.38. The summed E-state index contributed by atoms with van der Waals surface area (Å²) < 4.78 is 34.2. The summed E-state index contributed by atoms with van der Waals surface area (Å²) in [5.74, 6) is 1.57. The third-order valence-electron chi connectivity index (χ3n) is 5.68. The van der Waals surface area contributed by atoms with Crippen LogP contribution >= 0.6 is 11.8 Å². The third kappa shape index (κ3) is 2.74. The standard InChI is InChI=1S/C22H21NO3S2/c1-26-18-9-5-17(6-10-18)22-23(13-14-27-22)28(24,25)20-12-8-16-4-2-3-15-7-11-19(20)21(15)16/h2-6,8-10,12,22H,7,11,13-14H2,1H3/t22-/m0/s1. The molecular weight excluding hydrogens is 390 g/mol. The van der Waals surface area contributed by atoms with Gasteiger partial charge in [-0.15, -0.1) is 11.8 Å². The number of benzene rings is 3. The lowest BCUT2D eigenvalue weighted by Crippen LogP contribution is -2.31. The monoisotopic (exact) mass is 411 g/mol. The van der Waals surface area contributed by atoms with Crippen LogP contribution < -0.4 is 4.74 Å². The van der Waals surface area contributed by atoms with Gasteiger partial charge in [-0.1, -0.05) is 36.4 Å². The summed E-state index contributed by atoms with van der Waals surface area (Å²) in [4.78, 5) is 0.478. The summed E-state index contributed by atoms with van der Waals surface area (Å²) in [5, 5.41) is 2.07. The molecule has 28 heavy (non-hydrogen) atoms. The van der Waals surface area contributed by atoms with Crippen LogP contribution in [0.25, 0.3) is 10.8 Å². The van der Waals surface area contributed by atoms with Crippen molar-refractivity contribution in [1.29, 1.82) is 0 Å². The predicted molar refractivity (Wildman–Crippen MR) is 113 cm³/mol. The number of hydrogen-bond donors (Lipinski definition) is 0. The second kappa shape index (κ2) is 6.79. The summed E-state index contributed by atoms with van der Waals surface area (Å²) in [6.45, 7) is 0.531. The Bertz CT molecular complexity index is 1160. The van der Waals surface area contributed by atoms with E-state index >= 15 is 0 Å². The molecule has 6 heteroatoms. The maximum absolute atomic E-state index is 13.7. The first-order valence-corrected chi connectivity index (χ1v) is 11.9. The van der Waals surface area contributed by atoms with Gasteiger partial charge in [0.05, 0.1) is 17.4 Å². The number of hydrogen-bond acceptors (Lipinski definition) is 4. The van der Waals surface area contributed by atoms with Gasteiger partial charge in [0.2, 0.25) is 10.0 Å². The lowest BCUT2D eigenvalue weighted by atomic mass is 10.1. The third-order valence-corrected chi connectivity index (χ3v) is 9.02. The molecule has 0 N–H and O–H groups in total. The molecule has 3 aromatic carbocycles. The minimum absolute atomic E-state index is 0.199. The molecular formula is C22H21NO3S2. The summed E-state index contributed by atoms with van der Waals surface area (Å²) in [6.07, 6.45) is 1.70. The van der Waals surface area contributed by atoms with Gasteiger partial charge in [0.15, 0.2) is 0 Å². The van der Waals surface area contributed by atoms with Crippen molar-refractivity contribution in [3.8, 4) is 5.75 Å². The SMILES string of the molecule is COc1ccc([C@@H]2SCCN2S(=O)(=O)c2ccc3cccc4c3c2CC4)cc1. The first kappa shape index (κ1) is 18.0. The lowest BCUT2D eigenvalue weighted by molar-refractivity contribution is 0.413. The van der Waals surface area contributed by atoms with Crippen LogP contribution in [-0.2, 0) is 22.9 Å². The van der Waals surface area contributed by atoms with Gasteiger partial charge in [-0.25, -0.2) is 8.42 Å². The Morgan fingerprint density at radius 3 is 2.64 bits per heavy atom. The van der Waals surface area contributed by atoms with Crippen LogP contribution in [0.2, 0.25) is 0 Å². The number of aryl methyl sites for hydroxylation is 2. The molecule has 0 amide bonds. The molecule has 144 valence electrons. The summed E-state index contributed by atoms with van der Waals surface area (Å²) >= 11 is 1.67. The molecule has 0 spiro atoms. The van der Waals surface area contributed by atoms with E-state index in [0.717, 1.165) is 46.2 Å². The van der Waals surface area contributed by atoms with Crippen molar-refractivity contribution >= 4 is 32.6 Å². The normalized spacial score (nSPS) is 19.4. The van der Waals surface area contributed by atoms with E-state index in [1.807, 2.05) is 30.3 Å². The fraction of sp³-hybridized carbons (Fsp3) is 0.273. The highest BCUT2D eigenvalue weighted by Crippen LogP contribution is 2.44. The van der Waals surface area contributed by atoms with E-state index in [-0.39, 0.29) is 5.37 Å². The molecule has 2 aliphatic rings. The molecule has 0 unspecified atom stereocenters. The Kier molecular flexibility index (Phi) is 4.38. The van der Waals surface area contributed by atoms with Crippen LogP contribution in [0.1, 0.15) is 22.1 Å². The molecule has 1 saturated heterocycles. The molecule has 1 fully saturated rings. The number of ether oxygens (including phenoxy) is 1. The van der Waals surface area contributed by atoms with E-state index in [2.05, 4.69) is 18.2 Å². The molecule has 0 aromatic heterocycles. The smallest absolute Gasteiger partial charge is 0.244 e. The van der Waals surface area contributed by atoms with Gasteiger partial charge in [0.1, 0.15) is 5.75 Å². The zero-order valence-corrected chi connectivity index (χ0v) is 17.2. The lowest BCUT2D eigenvalue weighted by Gasteiger charge is -2.25. The minimum atomic E-state index is -3.57. The second-order valence-corrected chi connectivity index (χ2v) is 10.2. The van der Waals surface area contributed by atoms with Crippen molar-refractivity contribution in [3.63, 3.8) is 0 Å². The Balaban J connectivity index is 1.58. The Hall–Kier alpha value is -2.02. The first-order valence-electron chi connectivity index (χ1n) is 9.40. The largest absolute Gasteiger partial charge is 0.497 e. The number of sulfonamides is 1. The fourth-order valence-electron chi connectivity index (χ4n) is 4.33. The molecule has 1 aliphatic carbocycles. The van der Waals surface area contributed by atoms with Gasteiger partial charge in [-0.05, 0) is 58.5 Å². The quantitative estimate of drug-likeness (QED) is 0.639. The van der Waals surface area contributed by atoms with Crippen LogP contribution in [0.3, 0.4) is 0 Å². The second-order valence-electron chi connectivity index (χ2n) is 7.17. The van der Waals surface area contributed by atoms with E-state index in [1.54, 1.807) is 29.2 Å². The molecule has 0 saturated carbocycles. The Morgan fingerprint density at radius 1 is 1.04 bits per heavy atom. The average Bonchev–Trinajstić information content (AvgIpc) is 3.38.